The second kappa shape index (κ2) is 10.5. The molecular weight excluding hydrogens is 443 g/mol. The maximum absolute atomic E-state index is 12.3. The first-order chi connectivity index (χ1) is 14.5. The van der Waals surface area contributed by atoms with Crippen molar-refractivity contribution < 1.29 is 9.53 Å². The Balaban J connectivity index is 1.66. The van der Waals surface area contributed by atoms with E-state index in [4.69, 9.17) is 27.9 Å². The Labute approximate surface area is 189 Å². The molecule has 9 heteroatoms. The van der Waals surface area contributed by atoms with Crippen LogP contribution in [0.5, 0.6) is 5.75 Å². The zero-order chi connectivity index (χ0) is 21.5. The van der Waals surface area contributed by atoms with Crippen molar-refractivity contribution in [3.05, 3.63) is 77.1 Å². The Kier molecular flexibility index (Phi) is 7.79. The number of halogens is 2. The molecule has 0 fully saturated rings. The minimum Gasteiger partial charge on any atom is -0.483 e. The van der Waals surface area contributed by atoms with E-state index in [1.165, 1.54) is 11.8 Å². The van der Waals surface area contributed by atoms with Gasteiger partial charge in [-0.2, -0.15) is 0 Å². The number of hydrogen-bond donors (Lipinski definition) is 1. The molecule has 1 heterocycles. The molecule has 30 heavy (non-hydrogen) atoms. The van der Waals surface area contributed by atoms with Crippen LogP contribution >= 0.6 is 35.0 Å². The molecule has 0 aliphatic rings. The van der Waals surface area contributed by atoms with Gasteiger partial charge in [-0.15, -0.1) is 16.8 Å². The predicted octanol–water partition coefficient (Wildman–Crippen LogP) is 5.64. The van der Waals surface area contributed by atoms with E-state index in [-0.39, 0.29) is 17.8 Å². The van der Waals surface area contributed by atoms with Crippen molar-refractivity contribution in [1.29, 1.82) is 0 Å². The minimum absolute atomic E-state index is 0.156. The van der Waals surface area contributed by atoms with Crippen molar-refractivity contribution in [2.45, 2.75) is 24.7 Å². The van der Waals surface area contributed by atoms with Gasteiger partial charge < -0.3 is 10.1 Å². The van der Waals surface area contributed by atoms with E-state index in [0.29, 0.717) is 33.3 Å². The van der Waals surface area contributed by atoms with Gasteiger partial charge in [-0.3, -0.25) is 9.36 Å². The first-order valence-corrected chi connectivity index (χ1v) is 10.9. The first kappa shape index (κ1) is 22.2. The molecule has 0 saturated heterocycles. The smallest absolute Gasteiger partial charge is 0.234 e. The number of thioether (sulfide) groups is 1. The van der Waals surface area contributed by atoms with E-state index in [1.54, 1.807) is 24.3 Å². The number of anilines is 1. The maximum atomic E-state index is 12.3. The Morgan fingerprint density at radius 1 is 1.23 bits per heavy atom. The highest BCUT2D eigenvalue weighted by molar-refractivity contribution is 7.99. The lowest BCUT2D eigenvalue weighted by Gasteiger charge is -2.15. The second-order valence-electron chi connectivity index (χ2n) is 6.28. The van der Waals surface area contributed by atoms with Gasteiger partial charge >= 0.3 is 0 Å². The van der Waals surface area contributed by atoms with E-state index >= 15 is 0 Å². The van der Waals surface area contributed by atoms with Crippen molar-refractivity contribution in [1.82, 2.24) is 14.8 Å². The summed E-state index contributed by atoms with van der Waals surface area (Å²) in [6, 6.07) is 14.4. The second-order valence-corrected chi connectivity index (χ2v) is 8.04. The molecule has 1 unspecified atom stereocenters. The molecule has 3 aromatic rings. The summed E-state index contributed by atoms with van der Waals surface area (Å²) in [5.74, 6) is 1.37. The largest absolute Gasteiger partial charge is 0.483 e. The fraction of sp³-hybridized carbons (Fsp3) is 0.190. The molecular formula is C21H20Cl2N4O2S. The lowest BCUT2D eigenvalue weighted by Crippen LogP contribution is -2.15. The van der Waals surface area contributed by atoms with Gasteiger partial charge in [-0.05, 0) is 37.3 Å². The Morgan fingerprint density at radius 3 is 2.70 bits per heavy atom. The van der Waals surface area contributed by atoms with Gasteiger partial charge in [0.05, 0.1) is 15.8 Å². The lowest BCUT2D eigenvalue weighted by atomic mass is 10.3. The fourth-order valence-corrected chi connectivity index (χ4v) is 3.72. The molecule has 0 bridgehead atoms. The van der Waals surface area contributed by atoms with Gasteiger partial charge in [0.2, 0.25) is 5.91 Å². The number of amides is 1. The average Bonchev–Trinajstić information content (AvgIpc) is 3.13. The normalized spacial score (nSPS) is 11.7. The summed E-state index contributed by atoms with van der Waals surface area (Å²) in [4.78, 5) is 12.3. The molecule has 156 valence electrons. The van der Waals surface area contributed by atoms with Crippen LogP contribution in [0.25, 0.3) is 0 Å². The van der Waals surface area contributed by atoms with E-state index in [2.05, 4.69) is 22.1 Å². The quantitative estimate of drug-likeness (QED) is 0.329. The highest BCUT2D eigenvalue weighted by atomic mass is 35.5. The number of carbonyl (C=O) groups is 1. The van der Waals surface area contributed by atoms with E-state index in [1.807, 2.05) is 41.8 Å². The predicted molar refractivity (Wildman–Crippen MR) is 122 cm³/mol. The van der Waals surface area contributed by atoms with Gasteiger partial charge in [0.25, 0.3) is 0 Å². The number of para-hydroxylation sites is 1. The van der Waals surface area contributed by atoms with Crippen LogP contribution in [0.4, 0.5) is 5.69 Å². The van der Waals surface area contributed by atoms with Gasteiger partial charge in [-0.25, -0.2) is 0 Å². The van der Waals surface area contributed by atoms with Crippen LogP contribution in [0.2, 0.25) is 10.0 Å². The van der Waals surface area contributed by atoms with Crippen molar-refractivity contribution in [3.63, 3.8) is 0 Å². The summed E-state index contributed by atoms with van der Waals surface area (Å²) in [5.41, 5.74) is 0.577. The van der Waals surface area contributed by atoms with Crippen LogP contribution in [0.15, 0.2) is 66.3 Å². The summed E-state index contributed by atoms with van der Waals surface area (Å²) >= 11 is 13.2. The highest BCUT2D eigenvalue weighted by Gasteiger charge is 2.19. The van der Waals surface area contributed by atoms with Crippen LogP contribution < -0.4 is 10.1 Å². The Hall–Kier alpha value is -2.48. The summed E-state index contributed by atoms with van der Waals surface area (Å²) in [7, 11) is 0. The maximum Gasteiger partial charge on any atom is 0.234 e. The molecule has 3 rings (SSSR count). The van der Waals surface area contributed by atoms with Crippen LogP contribution in [0, 0.1) is 0 Å². The molecule has 1 N–H and O–H groups in total. The standard InChI is InChI=1S/C21H20Cl2N4O2S/c1-3-11-27-20(14(2)29-16-7-5-4-6-8-16)25-26-21(27)30-13-19(28)24-15-9-10-17(22)18(23)12-15/h3-10,12,14H,1,11,13H2,2H3,(H,24,28). The van der Waals surface area contributed by atoms with Gasteiger partial charge in [0.15, 0.2) is 17.1 Å². The summed E-state index contributed by atoms with van der Waals surface area (Å²) in [5, 5.41) is 12.7. The number of allylic oxidation sites excluding steroid dienone is 1. The van der Waals surface area contributed by atoms with Crippen LogP contribution in [0.1, 0.15) is 18.9 Å². The zero-order valence-electron chi connectivity index (χ0n) is 16.2. The third-order valence-corrected chi connectivity index (χ3v) is 5.72. The number of nitrogens with one attached hydrogen (secondary N) is 1. The SMILES string of the molecule is C=CCn1c(SCC(=O)Nc2ccc(Cl)c(Cl)c2)nnc1C(C)Oc1ccccc1. The molecule has 0 radical (unpaired) electrons. The summed E-state index contributed by atoms with van der Waals surface area (Å²) < 4.78 is 7.84. The fourth-order valence-electron chi connectivity index (χ4n) is 2.67. The number of rotatable bonds is 9. The van der Waals surface area contributed by atoms with Crippen molar-refractivity contribution in [2.75, 3.05) is 11.1 Å². The van der Waals surface area contributed by atoms with E-state index in [9.17, 15) is 4.79 Å². The average molecular weight is 463 g/mol. The molecule has 2 aromatic carbocycles. The highest BCUT2D eigenvalue weighted by Crippen LogP contribution is 2.26. The lowest BCUT2D eigenvalue weighted by molar-refractivity contribution is -0.113. The van der Waals surface area contributed by atoms with Crippen molar-refractivity contribution in [3.8, 4) is 5.75 Å². The molecule has 0 aliphatic heterocycles. The summed E-state index contributed by atoms with van der Waals surface area (Å²) in [6.07, 6.45) is 1.43. The molecule has 0 aliphatic carbocycles. The third kappa shape index (κ3) is 5.78. The van der Waals surface area contributed by atoms with Gasteiger partial charge in [-0.1, -0.05) is 59.2 Å². The number of nitrogens with zero attached hydrogens (tertiary/aromatic N) is 3. The van der Waals surface area contributed by atoms with E-state index < -0.39 is 0 Å². The van der Waals surface area contributed by atoms with Crippen molar-refractivity contribution in [2.24, 2.45) is 0 Å². The number of aromatic nitrogens is 3. The molecule has 6 nitrogen and oxygen atoms in total. The molecule has 1 atom stereocenters. The van der Waals surface area contributed by atoms with Crippen LogP contribution in [0.3, 0.4) is 0 Å². The first-order valence-electron chi connectivity index (χ1n) is 9.11. The molecule has 0 spiro atoms. The Morgan fingerprint density at radius 2 is 2.00 bits per heavy atom. The van der Waals surface area contributed by atoms with Crippen molar-refractivity contribution >= 4 is 46.6 Å². The van der Waals surface area contributed by atoms with Gasteiger partial charge in [0, 0.05) is 12.2 Å². The zero-order valence-corrected chi connectivity index (χ0v) is 18.5. The monoisotopic (exact) mass is 462 g/mol. The molecule has 1 amide bonds. The van der Waals surface area contributed by atoms with E-state index in [0.717, 1.165) is 5.75 Å². The summed E-state index contributed by atoms with van der Waals surface area (Å²) in [6.45, 7) is 6.20. The number of benzene rings is 2. The Bertz CT molecular complexity index is 1030. The minimum atomic E-state index is -0.320. The number of hydrogen-bond acceptors (Lipinski definition) is 5. The van der Waals surface area contributed by atoms with Crippen LogP contribution in [-0.4, -0.2) is 26.4 Å². The van der Waals surface area contributed by atoms with Crippen LogP contribution in [-0.2, 0) is 11.3 Å². The number of ether oxygens (including phenoxy) is 1. The van der Waals surface area contributed by atoms with Gasteiger partial charge in [0.1, 0.15) is 5.75 Å². The third-order valence-electron chi connectivity index (χ3n) is 4.01. The topological polar surface area (TPSA) is 69.0 Å². The molecule has 1 aromatic heterocycles. The molecule has 0 saturated carbocycles. The number of carbonyl (C=O) groups excluding carboxylic acids is 1.